The zero-order chi connectivity index (χ0) is 44.0. The molecule has 16 heteroatoms. The van der Waals surface area contributed by atoms with Gasteiger partial charge in [-0.3, -0.25) is 19.3 Å². The van der Waals surface area contributed by atoms with Gasteiger partial charge in [0.25, 0.3) is 5.78 Å². The quantitative estimate of drug-likeness (QED) is 0.0430. The van der Waals surface area contributed by atoms with Crippen molar-refractivity contribution in [3.05, 3.63) is 114 Å². The maximum atomic E-state index is 15.4. The number of piperazine rings is 1. The van der Waals surface area contributed by atoms with E-state index >= 15 is 4.39 Å². The number of hydrazine groups is 1. The van der Waals surface area contributed by atoms with Crippen molar-refractivity contribution in [1.82, 2.24) is 15.6 Å². The number of rotatable bonds is 15. The van der Waals surface area contributed by atoms with Crippen LogP contribution in [0.4, 0.5) is 31.0 Å². The number of benzene rings is 4. The van der Waals surface area contributed by atoms with Crippen LogP contribution in [0.1, 0.15) is 61.0 Å². The van der Waals surface area contributed by atoms with Crippen LogP contribution in [0.3, 0.4) is 0 Å². The summed E-state index contributed by atoms with van der Waals surface area (Å²) in [5.74, 6) is -2.86. The normalized spacial score (nSPS) is 16.0. The Bertz CT molecular complexity index is 2310. The van der Waals surface area contributed by atoms with E-state index in [-0.39, 0.29) is 56.7 Å². The lowest BCUT2D eigenvalue weighted by atomic mass is 9.98. The predicted molar refractivity (Wildman–Crippen MR) is 228 cm³/mol. The number of carbonyl (C=O) groups excluding carboxylic acids is 6. The molecule has 0 aromatic heterocycles. The second-order valence-corrected chi connectivity index (χ2v) is 16.2. The van der Waals surface area contributed by atoms with Gasteiger partial charge in [0.2, 0.25) is 5.91 Å². The first-order chi connectivity index (χ1) is 29.7. The Balaban J connectivity index is 0.813. The monoisotopic (exact) mass is 848 g/mol. The molecule has 4 aromatic rings. The summed E-state index contributed by atoms with van der Waals surface area (Å²) in [6.07, 6.45) is -1.96. The second-order valence-electron chi connectivity index (χ2n) is 16.2. The number of carbonyl (C=O) groups is 6. The minimum Gasteiger partial charge on any atom is -0.459 e. The van der Waals surface area contributed by atoms with Crippen LogP contribution in [0.15, 0.2) is 91.0 Å². The van der Waals surface area contributed by atoms with Crippen molar-refractivity contribution < 1.29 is 47.4 Å². The second kappa shape index (κ2) is 18.8. The highest BCUT2D eigenvalue weighted by Gasteiger charge is 2.34. The van der Waals surface area contributed by atoms with Gasteiger partial charge in [0.05, 0.1) is 31.0 Å². The summed E-state index contributed by atoms with van der Waals surface area (Å²) in [6, 6.07) is 26.9. The lowest BCUT2D eigenvalue weighted by molar-refractivity contribution is -0.153. The fraction of sp³-hybridized carbons (Fsp3) is 0.348. The van der Waals surface area contributed by atoms with Gasteiger partial charge in [0.15, 0.2) is 5.78 Å². The zero-order valence-corrected chi connectivity index (χ0v) is 34.8. The molecule has 2 aliphatic heterocycles. The third kappa shape index (κ3) is 10.4. The first-order valence-corrected chi connectivity index (χ1v) is 20.5. The fourth-order valence-electron chi connectivity index (χ4n) is 7.74. The molecule has 0 saturated carbocycles. The van der Waals surface area contributed by atoms with Crippen molar-refractivity contribution in [1.29, 1.82) is 0 Å². The van der Waals surface area contributed by atoms with Gasteiger partial charge in [-0.25, -0.2) is 24.2 Å². The number of nitrogens with one attached hydrogen (secondary N) is 3. The van der Waals surface area contributed by atoms with Crippen LogP contribution in [0.5, 0.6) is 0 Å². The summed E-state index contributed by atoms with van der Waals surface area (Å²) in [5, 5.41) is 2.58. The number of anilines is 3. The number of hydrogen-bond donors (Lipinski definition) is 3. The molecule has 324 valence electrons. The molecular weight excluding hydrogens is 800 g/mol. The molecule has 3 amide bonds. The summed E-state index contributed by atoms with van der Waals surface area (Å²) in [5.41, 5.74) is 10.6. The number of ether oxygens (including phenoxy) is 3. The number of nitrogens with zero attached hydrogens (tertiary/aromatic N) is 3. The van der Waals surface area contributed by atoms with Crippen LogP contribution in [0.25, 0.3) is 11.1 Å². The van der Waals surface area contributed by atoms with Crippen LogP contribution < -0.4 is 26.0 Å². The highest BCUT2D eigenvalue weighted by atomic mass is 19.1. The Morgan fingerprint density at radius 1 is 0.839 bits per heavy atom. The SMILES string of the molecule is CC(C)(C)OC(=O)NC[C@H]1CN(c2ccc(N3CCN(C(=O)CCC(=O)c4cccc(NNCC(=O)C(=O)OCC5c6ccccc6-c6ccccc65)c4)CC3)c(F)c2)C(=O)O1. The van der Waals surface area contributed by atoms with E-state index < -0.39 is 41.5 Å². The molecule has 0 spiro atoms. The molecule has 0 radical (unpaired) electrons. The third-order valence-corrected chi connectivity index (χ3v) is 10.8. The van der Waals surface area contributed by atoms with E-state index in [4.69, 9.17) is 14.2 Å². The molecule has 0 unspecified atom stereocenters. The number of Topliss-reactive ketones (excluding diaryl/α,β-unsaturated/α-hetero) is 2. The standard InChI is InChI=1S/C46H49FN6O9/c1-46(2,3)62-44(58)48-25-32-27-53(45(59)61-32)31-15-16-39(38(47)24-31)51-19-21-52(22-20-51)42(56)18-17-40(54)29-9-8-10-30(23-29)50-49-26-41(55)43(57)60-28-37-35-13-6-4-11-33(35)34-12-5-7-14-36(34)37/h4-16,23-24,32,37,49-50H,17-22,25-28H2,1-3H3,(H,48,58)/t32-/m0/s1. The highest BCUT2D eigenvalue weighted by Crippen LogP contribution is 2.44. The number of fused-ring (bicyclic) bond motifs is 3. The van der Waals surface area contributed by atoms with Crippen molar-refractivity contribution in [3.8, 4) is 11.1 Å². The Kier molecular flexibility index (Phi) is 13.2. The van der Waals surface area contributed by atoms with Crippen molar-refractivity contribution in [2.24, 2.45) is 0 Å². The topological polar surface area (TPSA) is 176 Å². The van der Waals surface area contributed by atoms with Gasteiger partial charge >= 0.3 is 18.2 Å². The molecule has 3 N–H and O–H groups in total. The van der Waals surface area contributed by atoms with Crippen LogP contribution in [-0.2, 0) is 28.6 Å². The lowest BCUT2D eigenvalue weighted by Crippen LogP contribution is -2.49. The molecule has 1 atom stereocenters. The molecule has 62 heavy (non-hydrogen) atoms. The Hall–Kier alpha value is -6.81. The Morgan fingerprint density at radius 3 is 2.21 bits per heavy atom. The van der Waals surface area contributed by atoms with Gasteiger partial charge in [-0.15, -0.1) is 0 Å². The van der Waals surface area contributed by atoms with Gasteiger partial charge in [-0.05, 0) is 73.4 Å². The molecule has 2 saturated heterocycles. The number of amides is 3. The largest absolute Gasteiger partial charge is 0.459 e. The Labute approximate surface area is 358 Å². The van der Waals surface area contributed by atoms with Gasteiger partial charge in [-0.1, -0.05) is 60.7 Å². The van der Waals surface area contributed by atoms with Gasteiger partial charge < -0.3 is 34.8 Å². The number of esters is 1. The van der Waals surface area contributed by atoms with Crippen molar-refractivity contribution in [2.45, 2.75) is 51.2 Å². The minimum atomic E-state index is -0.951. The maximum Gasteiger partial charge on any atom is 0.414 e. The maximum absolute atomic E-state index is 15.4. The summed E-state index contributed by atoms with van der Waals surface area (Å²) in [4.78, 5) is 80.7. The van der Waals surface area contributed by atoms with Gasteiger partial charge in [0.1, 0.15) is 24.1 Å². The number of halogens is 1. The molecule has 3 aliphatic rings. The van der Waals surface area contributed by atoms with E-state index in [1.807, 2.05) is 53.4 Å². The van der Waals surface area contributed by atoms with Gasteiger partial charge in [-0.2, -0.15) is 0 Å². The molecule has 2 fully saturated rings. The molecule has 15 nitrogen and oxygen atoms in total. The molecule has 1 aliphatic carbocycles. The zero-order valence-electron chi connectivity index (χ0n) is 34.8. The number of ketones is 2. The van der Waals surface area contributed by atoms with Gasteiger partial charge in [0, 0.05) is 56.2 Å². The van der Waals surface area contributed by atoms with Crippen molar-refractivity contribution in [3.63, 3.8) is 0 Å². The van der Waals surface area contributed by atoms with E-state index in [1.54, 1.807) is 62.1 Å². The molecular formula is C46H49FN6O9. The Morgan fingerprint density at radius 2 is 1.53 bits per heavy atom. The van der Waals surface area contributed by atoms with E-state index in [0.29, 0.717) is 48.8 Å². The summed E-state index contributed by atoms with van der Waals surface area (Å²) >= 11 is 0. The first-order valence-electron chi connectivity index (χ1n) is 20.5. The van der Waals surface area contributed by atoms with E-state index in [2.05, 4.69) is 16.2 Å². The molecule has 4 aromatic carbocycles. The summed E-state index contributed by atoms with van der Waals surface area (Å²) < 4.78 is 31.4. The highest BCUT2D eigenvalue weighted by molar-refractivity contribution is 6.34. The number of alkyl carbamates (subject to hydrolysis) is 1. The number of hydrogen-bond acceptors (Lipinski definition) is 12. The lowest BCUT2D eigenvalue weighted by Gasteiger charge is -2.36. The number of cyclic esters (lactones) is 1. The van der Waals surface area contributed by atoms with E-state index in [0.717, 1.165) is 22.3 Å². The van der Waals surface area contributed by atoms with E-state index in [1.165, 1.54) is 11.0 Å². The minimum absolute atomic E-state index is 0.00728. The smallest absolute Gasteiger partial charge is 0.414 e. The van der Waals surface area contributed by atoms with Crippen LogP contribution in [0, 0.1) is 5.82 Å². The fourth-order valence-corrected chi connectivity index (χ4v) is 7.74. The van der Waals surface area contributed by atoms with Crippen molar-refractivity contribution in [2.75, 3.05) is 67.6 Å². The molecule has 7 rings (SSSR count). The predicted octanol–water partition coefficient (Wildman–Crippen LogP) is 5.83. The summed E-state index contributed by atoms with van der Waals surface area (Å²) in [6.45, 7) is 6.46. The first kappa shape index (κ1) is 43.3. The average Bonchev–Trinajstić information content (AvgIpc) is 3.80. The molecule has 0 bridgehead atoms. The third-order valence-electron chi connectivity index (χ3n) is 10.8. The van der Waals surface area contributed by atoms with Crippen LogP contribution in [-0.4, -0.2) is 105 Å². The summed E-state index contributed by atoms with van der Waals surface area (Å²) in [7, 11) is 0. The van der Waals surface area contributed by atoms with Crippen LogP contribution >= 0.6 is 0 Å². The van der Waals surface area contributed by atoms with Crippen molar-refractivity contribution >= 4 is 52.7 Å². The van der Waals surface area contributed by atoms with Crippen LogP contribution in [0.2, 0.25) is 0 Å². The average molecular weight is 849 g/mol. The molecule has 2 heterocycles. The van der Waals surface area contributed by atoms with E-state index in [9.17, 15) is 28.8 Å².